The predicted octanol–water partition coefficient (Wildman–Crippen LogP) is 4.29. The fourth-order valence-corrected chi connectivity index (χ4v) is 3.55. The molecule has 150 valence electrons. The number of hydrogen-bond donors (Lipinski definition) is 2. The number of hydrogen-bond acceptors (Lipinski definition) is 4. The molecule has 3 aromatic rings. The summed E-state index contributed by atoms with van der Waals surface area (Å²) in [5.74, 6) is -0.717. The highest BCUT2D eigenvalue weighted by Gasteiger charge is 2.30. The molecule has 3 heterocycles. The van der Waals surface area contributed by atoms with E-state index in [2.05, 4.69) is 19.9 Å². The average molecular weight is 422 g/mol. The molecule has 3 aromatic heterocycles. The van der Waals surface area contributed by atoms with Gasteiger partial charge in [-0.3, -0.25) is 9.78 Å². The van der Waals surface area contributed by atoms with Crippen LogP contribution in [0.4, 0.5) is 13.2 Å². The number of nitrogens with zero attached hydrogens (tertiary/aromatic N) is 3. The zero-order chi connectivity index (χ0) is 20.6. The van der Waals surface area contributed by atoms with Crippen LogP contribution in [0.25, 0.3) is 27.9 Å². The van der Waals surface area contributed by atoms with Crippen molar-refractivity contribution in [2.45, 2.75) is 25.4 Å². The summed E-state index contributed by atoms with van der Waals surface area (Å²) in [6.45, 7) is -1.36. The molecule has 0 saturated heterocycles. The molecule has 10 heteroatoms. The first-order valence-corrected chi connectivity index (χ1v) is 9.22. The standard InChI is InChI=1S/C19H15ClF3N5O/c20-10-4-13-14(6-26-17(13)25-5-10)16-8-24-7-15(28-16)11-2-1-3-12(11)18(29)27-9-19(21,22)23/h4-8H,1-3,9H2,(H,25,26)(H,27,29). The highest BCUT2D eigenvalue weighted by Crippen LogP contribution is 2.34. The fourth-order valence-electron chi connectivity index (χ4n) is 3.40. The number of fused-ring (bicyclic) bond motifs is 1. The molecule has 0 aromatic carbocycles. The Kier molecular flexibility index (Phi) is 4.99. The van der Waals surface area contributed by atoms with Crippen molar-refractivity contribution in [3.05, 3.63) is 47.1 Å². The van der Waals surface area contributed by atoms with E-state index in [0.29, 0.717) is 52.5 Å². The van der Waals surface area contributed by atoms with Crippen molar-refractivity contribution in [2.75, 3.05) is 6.54 Å². The van der Waals surface area contributed by atoms with Crippen molar-refractivity contribution in [1.82, 2.24) is 25.3 Å². The van der Waals surface area contributed by atoms with Gasteiger partial charge in [0.2, 0.25) is 5.91 Å². The third-order valence-corrected chi connectivity index (χ3v) is 4.87. The summed E-state index contributed by atoms with van der Waals surface area (Å²) >= 11 is 6.04. The van der Waals surface area contributed by atoms with E-state index in [9.17, 15) is 18.0 Å². The molecule has 0 bridgehead atoms. The second-order valence-corrected chi connectivity index (χ2v) is 7.09. The molecular formula is C19H15ClF3N5O. The summed E-state index contributed by atoms with van der Waals surface area (Å²) in [5.41, 5.74) is 3.35. The molecule has 1 aliphatic rings. The zero-order valence-corrected chi connectivity index (χ0v) is 15.7. The van der Waals surface area contributed by atoms with Crippen LogP contribution >= 0.6 is 11.6 Å². The van der Waals surface area contributed by atoms with Gasteiger partial charge in [-0.05, 0) is 30.9 Å². The topological polar surface area (TPSA) is 83.6 Å². The Morgan fingerprint density at radius 3 is 2.79 bits per heavy atom. The lowest BCUT2D eigenvalue weighted by atomic mass is 10.1. The van der Waals surface area contributed by atoms with Crippen LogP contribution in [0.15, 0.2) is 36.4 Å². The van der Waals surface area contributed by atoms with Gasteiger partial charge in [0.15, 0.2) is 0 Å². The molecule has 0 spiro atoms. The number of carbonyl (C=O) groups is 1. The van der Waals surface area contributed by atoms with Crippen LogP contribution in [0.5, 0.6) is 0 Å². The first kappa shape index (κ1) is 19.4. The van der Waals surface area contributed by atoms with E-state index >= 15 is 0 Å². The Morgan fingerprint density at radius 1 is 1.21 bits per heavy atom. The maximum Gasteiger partial charge on any atom is 0.405 e. The average Bonchev–Trinajstić information content (AvgIpc) is 3.32. The van der Waals surface area contributed by atoms with Crippen molar-refractivity contribution < 1.29 is 18.0 Å². The predicted molar refractivity (Wildman–Crippen MR) is 102 cm³/mol. The first-order chi connectivity index (χ1) is 13.8. The van der Waals surface area contributed by atoms with E-state index in [1.54, 1.807) is 18.5 Å². The van der Waals surface area contributed by atoms with Crippen LogP contribution in [0.1, 0.15) is 25.0 Å². The molecule has 0 atom stereocenters. The summed E-state index contributed by atoms with van der Waals surface area (Å²) in [6.07, 6.45) is 3.52. The molecule has 1 amide bonds. The quantitative estimate of drug-likeness (QED) is 0.658. The third kappa shape index (κ3) is 4.09. The minimum atomic E-state index is -4.46. The normalized spacial score (nSPS) is 14.6. The number of H-pyrrole nitrogens is 1. The van der Waals surface area contributed by atoms with Gasteiger partial charge in [0, 0.05) is 28.9 Å². The van der Waals surface area contributed by atoms with Crippen molar-refractivity contribution >= 4 is 34.1 Å². The minimum Gasteiger partial charge on any atom is -0.345 e. The number of amides is 1. The molecule has 2 N–H and O–H groups in total. The number of pyridine rings is 1. The van der Waals surface area contributed by atoms with Crippen LogP contribution in [0.2, 0.25) is 5.02 Å². The summed E-state index contributed by atoms with van der Waals surface area (Å²) in [7, 11) is 0. The van der Waals surface area contributed by atoms with Crippen LogP contribution in [0.3, 0.4) is 0 Å². The molecule has 0 saturated carbocycles. The molecule has 4 rings (SSSR count). The molecule has 0 unspecified atom stereocenters. The number of halogens is 4. The Morgan fingerprint density at radius 2 is 2.00 bits per heavy atom. The number of allylic oxidation sites excluding steroid dienone is 1. The molecule has 29 heavy (non-hydrogen) atoms. The Labute approximate surface area is 168 Å². The van der Waals surface area contributed by atoms with Crippen molar-refractivity contribution in [1.29, 1.82) is 0 Å². The highest BCUT2D eigenvalue weighted by molar-refractivity contribution is 6.31. The smallest absolute Gasteiger partial charge is 0.345 e. The number of aromatic amines is 1. The van der Waals surface area contributed by atoms with Gasteiger partial charge in [-0.2, -0.15) is 13.2 Å². The maximum absolute atomic E-state index is 12.4. The lowest BCUT2D eigenvalue weighted by Crippen LogP contribution is -2.34. The van der Waals surface area contributed by atoms with Gasteiger partial charge in [-0.15, -0.1) is 0 Å². The molecular weight excluding hydrogens is 407 g/mol. The van der Waals surface area contributed by atoms with E-state index in [1.807, 2.05) is 5.32 Å². The Balaban J connectivity index is 1.69. The van der Waals surface area contributed by atoms with Crippen LogP contribution < -0.4 is 5.32 Å². The van der Waals surface area contributed by atoms with Gasteiger partial charge in [0.25, 0.3) is 0 Å². The van der Waals surface area contributed by atoms with Crippen LogP contribution in [-0.4, -0.2) is 38.6 Å². The Hall–Kier alpha value is -2.94. The second-order valence-electron chi connectivity index (χ2n) is 6.65. The van der Waals surface area contributed by atoms with Crippen LogP contribution in [-0.2, 0) is 4.79 Å². The van der Waals surface area contributed by atoms with Gasteiger partial charge >= 0.3 is 6.18 Å². The minimum absolute atomic E-state index is 0.323. The van der Waals surface area contributed by atoms with Gasteiger partial charge in [-0.1, -0.05) is 11.6 Å². The monoisotopic (exact) mass is 421 g/mol. The number of alkyl halides is 3. The summed E-state index contributed by atoms with van der Waals surface area (Å²) in [4.78, 5) is 28.3. The number of aromatic nitrogens is 4. The van der Waals surface area contributed by atoms with Crippen molar-refractivity contribution in [2.24, 2.45) is 0 Å². The zero-order valence-electron chi connectivity index (χ0n) is 15.0. The van der Waals surface area contributed by atoms with Crippen molar-refractivity contribution in [3.63, 3.8) is 0 Å². The van der Waals surface area contributed by atoms with E-state index in [0.717, 1.165) is 10.9 Å². The van der Waals surface area contributed by atoms with E-state index in [-0.39, 0.29) is 0 Å². The van der Waals surface area contributed by atoms with Crippen molar-refractivity contribution in [3.8, 4) is 11.3 Å². The summed E-state index contributed by atoms with van der Waals surface area (Å²) in [6, 6.07) is 1.76. The lowest BCUT2D eigenvalue weighted by Gasteiger charge is -2.11. The van der Waals surface area contributed by atoms with Gasteiger partial charge in [0.05, 0.1) is 28.8 Å². The largest absolute Gasteiger partial charge is 0.405 e. The highest BCUT2D eigenvalue weighted by atomic mass is 35.5. The van der Waals surface area contributed by atoms with Crippen LogP contribution in [0, 0.1) is 0 Å². The second kappa shape index (κ2) is 7.47. The molecule has 0 radical (unpaired) electrons. The lowest BCUT2D eigenvalue weighted by molar-refractivity contribution is -0.136. The SMILES string of the molecule is O=C(NCC(F)(F)F)C1=C(c2cncc(-c3c[nH]c4ncc(Cl)cc34)n2)CCC1. The molecule has 0 fully saturated rings. The number of rotatable bonds is 4. The summed E-state index contributed by atoms with van der Waals surface area (Å²) in [5, 5.41) is 3.19. The van der Waals surface area contributed by atoms with E-state index in [1.165, 1.54) is 12.4 Å². The molecule has 1 aliphatic carbocycles. The fraction of sp³-hybridized carbons (Fsp3) is 0.263. The third-order valence-electron chi connectivity index (χ3n) is 4.66. The number of nitrogens with one attached hydrogen (secondary N) is 2. The van der Waals surface area contributed by atoms with E-state index in [4.69, 9.17) is 11.6 Å². The van der Waals surface area contributed by atoms with Gasteiger partial charge < -0.3 is 10.3 Å². The molecule has 6 nitrogen and oxygen atoms in total. The maximum atomic E-state index is 12.4. The van der Waals surface area contributed by atoms with Gasteiger partial charge in [-0.25, -0.2) is 9.97 Å². The van der Waals surface area contributed by atoms with Gasteiger partial charge in [0.1, 0.15) is 12.2 Å². The Bertz CT molecular complexity index is 1120. The van der Waals surface area contributed by atoms with E-state index < -0.39 is 18.6 Å². The first-order valence-electron chi connectivity index (χ1n) is 8.84. The summed E-state index contributed by atoms with van der Waals surface area (Å²) < 4.78 is 37.3. The molecule has 0 aliphatic heterocycles. The number of carbonyl (C=O) groups excluding carboxylic acids is 1.